The first-order valence-electron chi connectivity index (χ1n) is 5.34. The first-order valence-corrected chi connectivity index (χ1v) is 5.34. The SMILES string of the molecule is CCCC1=C2CCCN2C(=O)CC1. The summed E-state index contributed by atoms with van der Waals surface area (Å²) in [6.07, 6.45) is 6.49. The van der Waals surface area contributed by atoms with Crippen molar-refractivity contribution in [2.45, 2.75) is 45.4 Å². The molecule has 2 aliphatic heterocycles. The number of hydrogen-bond acceptors (Lipinski definition) is 1. The first kappa shape index (κ1) is 8.79. The molecule has 0 spiro atoms. The van der Waals surface area contributed by atoms with Crippen LogP contribution in [0.2, 0.25) is 0 Å². The van der Waals surface area contributed by atoms with E-state index in [-0.39, 0.29) is 0 Å². The molecule has 2 nitrogen and oxygen atoms in total. The monoisotopic (exact) mass is 179 g/mol. The van der Waals surface area contributed by atoms with E-state index >= 15 is 0 Å². The highest BCUT2D eigenvalue weighted by Gasteiger charge is 2.29. The summed E-state index contributed by atoms with van der Waals surface area (Å²) in [4.78, 5) is 13.5. The van der Waals surface area contributed by atoms with Gasteiger partial charge in [0.25, 0.3) is 0 Å². The van der Waals surface area contributed by atoms with Crippen molar-refractivity contribution in [2.75, 3.05) is 6.54 Å². The van der Waals surface area contributed by atoms with Crippen LogP contribution in [-0.2, 0) is 4.79 Å². The van der Waals surface area contributed by atoms with E-state index in [1.165, 1.54) is 25.0 Å². The number of nitrogens with zero attached hydrogens (tertiary/aromatic N) is 1. The van der Waals surface area contributed by atoms with Crippen LogP contribution in [0.15, 0.2) is 11.3 Å². The Kier molecular flexibility index (Phi) is 2.38. The van der Waals surface area contributed by atoms with Gasteiger partial charge < -0.3 is 4.90 Å². The fourth-order valence-electron chi connectivity index (χ4n) is 2.43. The van der Waals surface area contributed by atoms with Gasteiger partial charge in [0.05, 0.1) is 0 Å². The van der Waals surface area contributed by atoms with Crippen molar-refractivity contribution in [1.29, 1.82) is 0 Å². The molecule has 72 valence electrons. The second-order valence-corrected chi connectivity index (χ2v) is 3.95. The normalized spacial score (nSPS) is 22.5. The molecule has 0 unspecified atom stereocenters. The minimum atomic E-state index is 0.354. The molecule has 0 saturated carbocycles. The summed E-state index contributed by atoms with van der Waals surface area (Å²) in [5, 5.41) is 0. The quantitative estimate of drug-likeness (QED) is 0.637. The largest absolute Gasteiger partial charge is 0.316 e. The van der Waals surface area contributed by atoms with E-state index in [0.717, 1.165) is 25.8 Å². The van der Waals surface area contributed by atoms with Gasteiger partial charge in [-0.3, -0.25) is 4.79 Å². The third kappa shape index (κ3) is 1.50. The summed E-state index contributed by atoms with van der Waals surface area (Å²) in [5.41, 5.74) is 2.93. The predicted octanol–water partition coefficient (Wildman–Crippen LogP) is 2.46. The summed E-state index contributed by atoms with van der Waals surface area (Å²) in [6.45, 7) is 3.19. The maximum atomic E-state index is 11.5. The molecule has 0 atom stereocenters. The molecule has 2 heterocycles. The van der Waals surface area contributed by atoms with Crippen molar-refractivity contribution >= 4 is 5.91 Å². The highest BCUT2D eigenvalue weighted by Crippen LogP contribution is 2.33. The molecule has 2 aliphatic rings. The molecule has 0 N–H and O–H groups in total. The molecular weight excluding hydrogens is 162 g/mol. The standard InChI is InChI=1S/C11H17NO/c1-2-4-9-6-7-11(13)12-8-3-5-10(9)12/h2-8H2,1H3. The molecule has 0 aromatic rings. The number of allylic oxidation sites excluding steroid dienone is 2. The third-order valence-electron chi connectivity index (χ3n) is 3.02. The highest BCUT2D eigenvalue weighted by molar-refractivity contribution is 5.80. The average molecular weight is 179 g/mol. The van der Waals surface area contributed by atoms with Gasteiger partial charge in [0.15, 0.2) is 0 Å². The Morgan fingerprint density at radius 2 is 2.15 bits per heavy atom. The van der Waals surface area contributed by atoms with E-state index in [2.05, 4.69) is 6.92 Å². The topological polar surface area (TPSA) is 20.3 Å². The fraction of sp³-hybridized carbons (Fsp3) is 0.727. The zero-order valence-corrected chi connectivity index (χ0v) is 8.31. The second kappa shape index (κ2) is 3.52. The molecule has 0 bridgehead atoms. The summed E-state index contributed by atoms with van der Waals surface area (Å²) in [6, 6.07) is 0. The molecule has 0 aliphatic carbocycles. The van der Waals surface area contributed by atoms with Gasteiger partial charge in [-0.05, 0) is 25.7 Å². The van der Waals surface area contributed by atoms with E-state index in [4.69, 9.17) is 0 Å². The first-order chi connectivity index (χ1) is 6.33. The Morgan fingerprint density at radius 1 is 1.31 bits per heavy atom. The fourth-order valence-corrected chi connectivity index (χ4v) is 2.43. The lowest BCUT2D eigenvalue weighted by Crippen LogP contribution is -2.30. The molecular formula is C11H17NO. The van der Waals surface area contributed by atoms with Crippen LogP contribution in [0.1, 0.15) is 45.4 Å². The van der Waals surface area contributed by atoms with Crippen LogP contribution in [0.5, 0.6) is 0 Å². The van der Waals surface area contributed by atoms with Crippen LogP contribution in [0.3, 0.4) is 0 Å². The zero-order chi connectivity index (χ0) is 9.26. The van der Waals surface area contributed by atoms with E-state index < -0.39 is 0 Å². The molecule has 13 heavy (non-hydrogen) atoms. The number of rotatable bonds is 2. The van der Waals surface area contributed by atoms with Gasteiger partial charge in [0.1, 0.15) is 0 Å². The Labute approximate surface area is 79.6 Å². The number of carbonyl (C=O) groups excluding carboxylic acids is 1. The van der Waals surface area contributed by atoms with Gasteiger partial charge in [-0.2, -0.15) is 0 Å². The number of hydrogen-bond donors (Lipinski definition) is 0. The molecule has 0 aromatic carbocycles. The van der Waals surface area contributed by atoms with Gasteiger partial charge in [-0.1, -0.05) is 18.9 Å². The molecule has 2 heteroatoms. The molecule has 2 rings (SSSR count). The van der Waals surface area contributed by atoms with Crippen LogP contribution < -0.4 is 0 Å². The third-order valence-corrected chi connectivity index (χ3v) is 3.02. The van der Waals surface area contributed by atoms with Gasteiger partial charge in [-0.15, -0.1) is 0 Å². The van der Waals surface area contributed by atoms with E-state index in [1.54, 1.807) is 5.57 Å². The van der Waals surface area contributed by atoms with Gasteiger partial charge in [0, 0.05) is 18.7 Å². The lowest BCUT2D eigenvalue weighted by Gasteiger charge is -2.26. The maximum Gasteiger partial charge on any atom is 0.227 e. The Bertz CT molecular complexity index is 255. The minimum Gasteiger partial charge on any atom is -0.316 e. The maximum absolute atomic E-state index is 11.5. The summed E-state index contributed by atoms with van der Waals surface area (Å²) in [7, 11) is 0. The van der Waals surface area contributed by atoms with Crippen molar-refractivity contribution < 1.29 is 4.79 Å². The lowest BCUT2D eigenvalue weighted by molar-refractivity contribution is -0.129. The molecule has 0 aromatic heterocycles. The summed E-state index contributed by atoms with van der Waals surface area (Å²) in [5.74, 6) is 0.354. The molecule has 0 radical (unpaired) electrons. The lowest BCUT2D eigenvalue weighted by atomic mass is 9.98. The number of fused-ring (bicyclic) bond motifs is 1. The van der Waals surface area contributed by atoms with Crippen LogP contribution in [0, 0.1) is 0 Å². The van der Waals surface area contributed by atoms with Crippen LogP contribution in [-0.4, -0.2) is 17.4 Å². The van der Waals surface area contributed by atoms with Gasteiger partial charge >= 0.3 is 0 Å². The summed E-state index contributed by atoms with van der Waals surface area (Å²) < 4.78 is 0. The molecule has 1 fully saturated rings. The van der Waals surface area contributed by atoms with Crippen LogP contribution in [0.4, 0.5) is 0 Å². The number of carbonyl (C=O) groups is 1. The van der Waals surface area contributed by atoms with Gasteiger partial charge in [0.2, 0.25) is 5.91 Å². The Morgan fingerprint density at radius 3 is 2.92 bits per heavy atom. The van der Waals surface area contributed by atoms with Gasteiger partial charge in [-0.25, -0.2) is 0 Å². The minimum absolute atomic E-state index is 0.354. The van der Waals surface area contributed by atoms with E-state index in [0.29, 0.717) is 5.91 Å². The predicted molar refractivity (Wildman–Crippen MR) is 52.1 cm³/mol. The zero-order valence-electron chi connectivity index (χ0n) is 8.31. The molecule has 1 saturated heterocycles. The average Bonchev–Trinajstić information content (AvgIpc) is 2.59. The van der Waals surface area contributed by atoms with Crippen molar-refractivity contribution in [3.63, 3.8) is 0 Å². The smallest absolute Gasteiger partial charge is 0.227 e. The van der Waals surface area contributed by atoms with Crippen LogP contribution >= 0.6 is 0 Å². The van der Waals surface area contributed by atoms with Crippen molar-refractivity contribution in [3.05, 3.63) is 11.3 Å². The van der Waals surface area contributed by atoms with Crippen molar-refractivity contribution in [2.24, 2.45) is 0 Å². The highest BCUT2D eigenvalue weighted by atomic mass is 16.2. The van der Waals surface area contributed by atoms with Crippen LogP contribution in [0.25, 0.3) is 0 Å². The summed E-state index contributed by atoms with van der Waals surface area (Å²) >= 11 is 0. The Balaban J connectivity index is 2.23. The Hall–Kier alpha value is -0.790. The van der Waals surface area contributed by atoms with Crippen molar-refractivity contribution in [1.82, 2.24) is 4.90 Å². The second-order valence-electron chi connectivity index (χ2n) is 3.95. The van der Waals surface area contributed by atoms with E-state index in [1.807, 2.05) is 4.90 Å². The number of amides is 1. The molecule has 1 amide bonds. The van der Waals surface area contributed by atoms with Crippen molar-refractivity contribution in [3.8, 4) is 0 Å². The van der Waals surface area contributed by atoms with E-state index in [9.17, 15) is 4.79 Å².